The quantitative estimate of drug-likeness (QED) is 0.664. The number of nitrogens with zero attached hydrogens (tertiary/aromatic N) is 2. The first kappa shape index (κ1) is 15.4. The molecule has 0 saturated heterocycles. The van der Waals surface area contributed by atoms with E-state index in [0.29, 0.717) is 22.4 Å². The number of carbonyl (C=O) groups is 1. The monoisotopic (exact) mass is 331 g/mol. The topological polar surface area (TPSA) is 54.9 Å². The molecule has 1 atom stereocenters. The van der Waals surface area contributed by atoms with Gasteiger partial charge in [0.1, 0.15) is 0 Å². The van der Waals surface area contributed by atoms with E-state index in [1.165, 1.54) is 50.3 Å². The van der Waals surface area contributed by atoms with E-state index in [9.17, 15) is 4.79 Å². The summed E-state index contributed by atoms with van der Waals surface area (Å²) in [4.78, 5) is 20.6. The number of nitrogens with one attached hydrogen (secondary N) is 1. The van der Waals surface area contributed by atoms with Crippen molar-refractivity contribution in [2.75, 3.05) is 5.75 Å². The summed E-state index contributed by atoms with van der Waals surface area (Å²) in [5, 5.41) is 3.96. The van der Waals surface area contributed by atoms with Gasteiger partial charge in [-0.05, 0) is 74.7 Å². The molecule has 4 aliphatic rings. The predicted molar refractivity (Wildman–Crippen MR) is 91.0 cm³/mol. The summed E-state index contributed by atoms with van der Waals surface area (Å²) < 4.78 is 0. The summed E-state index contributed by atoms with van der Waals surface area (Å²) in [6.07, 6.45) is 11.8. The third-order valence-electron chi connectivity index (χ3n) is 6.26. The Hall–Kier alpha value is -1.10. The van der Waals surface area contributed by atoms with E-state index < -0.39 is 0 Å². The highest BCUT2D eigenvalue weighted by atomic mass is 32.2. The van der Waals surface area contributed by atoms with Crippen molar-refractivity contribution in [3.63, 3.8) is 0 Å². The molecule has 23 heavy (non-hydrogen) atoms. The van der Waals surface area contributed by atoms with Crippen molar-refractivity contribution in [3.8, 4) is 0 Å². The molecule has 0 spiro atoms. The lowest BCUT2D eigenvalue weighted by Gasteiger charge is -2.59. The molecule has 5 rings (SSSR count). The van der Waals surface area contributed by atoms with E-state index in [4.69, 9.17) is 0 Å². The summed E-state index contributed by atoms with van der Waals surface area (Å²) in [5.41, 5.74) is 0.373. The second-order valence-corrected chi connectivity index (χ2v) is 8.83. The molecule has 1 aromatic rings. The Balaban J connectivity index is 1.34. The minimum atomic E-state index is 0.116. The van der Waals surface area contributed by atoms with Crippen LogP contribution in [0, 0.1) is 23.2 Å². The maximum absolute atomic E-state index is 12.3. The zero-order valence-corrected chi connectivity index (χ0v) is 14.5. The molecule has 1 N–H and O–H groups in total. The fourth-order valence-corrected chi connectivity index (χ4v) is 6.25. The average Bonchev–Trinajstić information content (AvgIpc) is 2.52. The molecule has 1 heterocycles. The van der Waals surface area contributed by atoms with E-state index >= 15 is 0 Å². The van der Waals surface area contributed by atoms with Gasteiger partial charge in [-0.1, -0.05) is 11.8 Å². The highest BCUT2D eigenvalue weighted by Crippen LogP contribution is 2.61. The van der Waals surface area contributed by atoms with E-state index in [2.05, 4.69) is 22.2 Å². The second kappa shape index (κ2) is 6.08. The van der Waals surface area contributed by atoms with Gasteiger partial charge in [0.25, 0.3) is 0 Å². The predicted octanol–water partition coefficient (Wildman–Crippen LogP) is 3.29. The van der Waals surface area contributed by atoms with Crippen molar-refractivity contribution in [1.29, 1.82) is 0 Å². The molecule has 0 unspecified atom stereocenters. The molecule has 0 radical (unpaired) electrons. The number of hydrogen-bond acceptors (Lipinski definition) is 4. The van der Waals surface area contributed by atoms with Crippen molar-refractivity contribution >= 4 is 17.7 Å². The van der Waals surface area contributed by atoms with Gasteiger partial charge in [0.05, 0.1) is 5.75 Å². The van der Waals surface area contributed by atoms with Crippen LogP contribution in [-0.4, -0.2) is 27.7 Å². The lowest BCUT2D eigenvalue weighted by Crippen LogP contribution is -2.56. The molecule has 4 fully saturated rings. The van der Waals surface area contributed by atoms with Crippen molar-refractivity contribution < 1.29 is 4.79 Å². The lowest BCUT2D eigenvalue weighted by atomic mass is 9.48. The SMILES string of the molecule is C[C@@H](NC(=O)CSc1ncccn1)C12CC3CC(CC(C3)C1)C2. The van der Waals surface area contributed by atoms with Crippen molar-refractivity contribution in [2.45, 2.75) is 56.6 Å². The molecule has 0 aromatic carbocycles. The fraction of sp³-hybridized carbons (Fsp3) is 0.722. The van der Waals surface area contributed by atoms with Crippen LogP contribution in [0.15, 0.2) is 23.6 Å². The number of thioether (sulfide) groups is 1. The van der Waals surface area contributed by atoms with Crippen LogP contribution in [0.1, 0.15) is 45.4 Å². The van der Waals surface area contributed by atoms with Crippen LogP contribution in [0.3, 0.4) is 0 Å². The molecule has 4 saturated carbocycles. The van der Waals surface area contributed by atoms with Crippen LogP contribution < -0.4 is 5.32 Å². The van der Waals surface area contributed by atoms with Gasteiger partial charge >= 0.3 is 0 Å². The Kier molecular flexibility index (Phi) is 4.08. The molecular formula is C18H25N3OS. The lowest BCUT2D eigenvalue weighted by molar-refractivity contribution is -0.123. The van der Waals surface area contributed by atoms with E-state index in [1.807, 2.05) is 0 Å². The molecular weight excluding hydrogens is 306 g/mol. The largest absolute Gasteiger partial charge is 0.352 e. The van der Waals surface area contributed by atoms with Crippen LogP contribution >= 0.6 is 11.8 Å². The summed E-state index contributed by atoms with van der Waals surface area (Å²) in [6, 6.07) is 2.08. The summed E-state index contributed by atoms with van der Waals surface area (Å²) in [5.74, 6) is 3.29. The van der Waals surface area contributed by atoms with Gasteiger partial charge in [0, 0.05) is 18.4 Å². The summed E-state index contributed by atoms with van der Waals surface area (Å²) in [6.45, 7) is 2.23. The van der Waals surface area contributed by atoms with Crippen LogP contribution in [0.25, 0.3) is 0 Å². The zero-order chi connectivity index (χ0) is 15.9. The van der Waals surface area contributed by atoms with Crippen molar-refractivity contribution in [2.24, 2.45) is 23.2 Å². The molecule has 4 bridgehead atoms. The van der Waals surface area contributed by atoms with E-state index in [-0.39, 0.29) is 5.91 Å². The Morgan fingerprint density at radius 3 is 2.35 bits per heavy atom. The number of amides is 1. The second-order valence-electron chi connectivity index (χ2n) is 7.89. The molecule has 5 heteroatoms. The van der Waals surface area contributed by atoms with Crippen LogP contribution in [0.2, 0.25) is 0 Å². The minimum absolute atomic E-state index is 0.116. The van der Waals surface area contributed by atoms with Gasteiger partial charge in [-0.15, -0.1) is 0 Å². The molecule has 1 aromatic heterocycles. The molecule has 4 nitrogen and oxygen atoms in total. The maximum atomic E-state index is 12.3. The standard InChI is InChI=1S/C18H25N3OS/c1-12(21-16(22)11-23-17-19-3-2-4-20-17)18-8-13-5-14(9-18)7-15(6-13)10-18/h2-4,12-15H,5-11H2,1H3,(H,21,22)/t12-,13?,14?,15?,18?/m1/s1. The number of aromatic nitrogens is 2. The maximum Gasteiger partial charge on any atom is 0.230 e. The molecule has 0 aliphatic heterocycles. The molecule has 4 aliphatic carbocycles. The summed E-state index contributed by atoms with van der Waals surface area (Å²) >= 11 is 1.41. The van der Waals surface area contributed by atoms with Crippen LogP contribution in [0.5, 0.6) is 0 Å². The van der Waals surface area contributed by atoms with Gasteiger partial charge in [-0.25, -0.2) is 9.97 Å². The Bertz CT molecular complexity index is 542. The van der Waals surface area contributed by atoms with Crippen molar-refractivity contribution in [1.82, 2.24) is 15.3 Å². The highest BCUT2D eigenvalue weighted by molar-refractivity contribution is 7.99. The van der Waals surface area contributed by atoms with E-state index in [0.717, 1.165) is 17.8 Å². The van der Waals surface area contributed by atoms with Crippen LogP contribution in [0.4, 0.5) is 0 Å². The van der Waals surface area contributed by atoms with Gasteiger partial charge in [-0.2, -0.15) is 0 Å². The third-order valence-corrected chi connectivity index (χ3v) is 7.13. The van der Waals surface area contributed by atoms with E-state index in [1.54, 1.807) is 18.5 Å². The molecule has 124 valence electrons. The smallest absolute Gasteiger partial charge is 0.230 e. The summed E-state index contributed by atoms with van der Waals surface area (Å²) in [7, 11) is 0. The Labute approximate surface area is 142 Å². The third kappa shape index (κ3) is 3.12. The fourth-order valence-electron chi connectivity index (χ4n) is 5.63. The Morgan fingerprint density at radius 2 is 1.78 bits per heavy atom. The molecule has 1 amide bonds. The van der Waals surface area contributed by atoms with Crippen molar-refractivity contribution in [3.05, 3.63) is 18.5 Å². The first-order valence-electron chi connectivity index (χ1n) is 8.82. The number of hydrogen-bond donors (Lipinski definition) is 1. The normalized spacial score (nSPS) is 36.0. The zero-order valence-electron chi connectivity index (χ0n) is 13.7. The highest BCUT2D eigenvalue weighted by Gasteiger charge is 2.53. The first-order chi connectivity index (χ1) is 11.1. The number of carbonyl (C=O) groups excluding carboxylic acids is 1. The average molecular weight is 331 g/mol. The van der Waals surface area contributed by atoms with Gasteiger partial charge in [-0.3, -0.25) is 4.79 Å². The number of rotatable bonds is 5. The first-order valence-corrected chi connectivity index (χ1v) is 9.81. The minimum Gasteiger partial charge on any atom is -0.352 e. The Morgan fingerprint density at radius 1 is 1.22 bits per heavy atom. The van der Waals surface area contributed by atoms with Gasteiger partial charge < -0.3 is 5.32 Å². The van der Waals surface area contributed by atoms with Crippen LogP contribution in [-0.2, 0) is 4.79 Å². The van der Waals surface area contributed by atoms with Gasteiger partial charge in [0.2, 0.25) is 5.91 Å². The van der Waals surface area contributed by atoms with Gasteiger partial charge in [0.15, 0.2) is 5.16 Å².